The third-order valence-corrected chi connectivity index (χ3v) is 4.88. The minimum atomic E-state index is -3.59. The second kappa shape index (κ2) is 7.35. The number of amides is 1. The summed E-state index contributed by atoms with van der Waals surface area (Å²) in [6.07, 6.45) is 0. The van der Waals surface area contributed by atoms with Crippen molar-refractivity contribution in [3.63, 3.8) is 0 Å². The van der Waals surface area contributed by atoms with Crippen LogP contribution in [0.2, 0.25) is 0 Å². The zero-order valence-electron chi connectivity index (χ0n) is 13.3. The average molecular weight is 359 g/mol. The third kappa shape index (κ3) is 4.16. The molecule has 8 heteroatoms. The average Bonchev–Trinajstić information content (AvgIpc) is 2.89. The number of aliphatic imine (C=N–C) groups is 1. The van der Waals surface area contributed by atoms with Gasteiger partial charge in [0, 0.05) is 5.56 Å². The molecule has 0 bridgehead atoms. The van der Waals surface area contributed by atoms with Crippen LogP contribution in [0.25, 0.3) is 0 Å². The lowest BCUT2D eigenvalue weighted by molar-refractivity contribution is -0.119. The first-order valence-electron chi connectivity index (χ1n) is 7.67. The van der Waals surface area contributed by atoms with Gasteiger partial charge in [0.05, 0.1) is 11.4 Å². The molecule has 130 valence electrons. The van der Waals surface area contributed by atoms with Crippen molar-refractivity contribution in [3.8, 4) is 5.75 Å². The Balaban J connectivity index is 1.50. The van der Waals surface area contributed by atoms with Gasteiger partial charge in [0.2, 0.25) is 5.91 Å². The standard InChI is InChI=1S/C17H17N3O4S/c21-16(18-10-11-24-13-6-2-1-3-7-13)12-19-17-14-8-4-5-9-15(14)25(22,23)20-17/h1-9H,10-12H2,(H,18,21)(H,19,20). The van der Waals surface area contributed by atoms with Crippen LogP contribution in [0.1, 0.15) is 5.56 Å². The van der Waals surface area contributed by atoms with Crippen molar-refractivity contribution in [2.45, 2.75) is 4.90 Å². The molecule has 1 aliphatic heterocycles. The molecule has 2 aromatic carbocycles. The van der Waals surface area contributed by atoms with Gasteiger partial charge in [0.15, 0.2) is 0 Å². The Kier molecular flexibility index (Phi) is 4.99. The second-order valence-corrected chi connectivity index (χ2v) is 6.93. The topological polar surface area (TPSA) is 96.9 Å². The van der Waals surface area contributed by atoms with Gasteiger partial charge in [-0.1, -0.05) is 30.3 Å². The van der Waals surface area contributed by atoms with E-state index in [0.717, 1.165) is 5.75 Å². The van der Waals surface area contributed by atoms with E-state index in [1.54, 1.807) is 18.2 Å². The number of nitrogens with zero attached hydrogens (tertiary/aromatic N) is 1. The van der Waals surface area contributed by atoms with Crippen LogP contribution in [-0.2, 0) is 14.8 Å². The Hall–Kier alpha value is -2.87. The van der Waals surface area contributed by atoms with E-state index >= 15 is 0 Å². The fraction of sp³-hybridized carbons (Fsp3) is 0.176. The number of benzene rings is 2. The molecule has 0 saturated heterocycles. The number of carbonyl (C=O) groups excluding carboxylic acids is 1. The van der Waals surface area contributed by atoms with Gasteiger partial charge in [0.25, 0.3) is 10.0 Å². The molecule has 1 amide bonds. The van der Waals surface area contributed by atoms with E-state index < -0.39 is 10.0 Å². The van der Waals surface area contributed by atoms with Gasteiger partial charge in [-0.15, -0.1) is 0 Å². The number of hydrogen-bond donors (Lipinski definition) is 2. The van der Waals surface area contributed by atoms with Crippen molar-refractivity contribution < 1.29 is 17.9 Å². The maximum Gasteiger partial charge on any atom is 0.263 e. The first-order valence-corrected chi connectivity index (χ1v) is 9.16. The van der Waals surface area contributed by atoms with E-state index in [0.29, 0.717) is 18.7 Å². The summed E-state index contributed by atoms with van der Waals surface area (Å²) in [4.78, 5) is 16.1. The number of fused-ring (bicyclic) bond motifs is 1. The molecule has 0 spiro atoms. The fourth-order valence-corrected chi connectivity index (χ4v) is 3.59. The maximum atomic E-state index is 11.9. The van der Waals surface area contributed by atoms with Gasteiger partial charge < -0.3 is 10.1 Å². The Morgan fingerprint density at radius 3 is 2.60 bits per heavy atom. The normalized spacial score (nSPS) is 16.1. The van der Waals surface area contributed by atoms with Crippen LogP contribution in [0.4, 0.5) is 0 Å². The van der Waals surface area contributed by atoms with E-state index in [2.05, 4.69) is 15.0 Å². The summed E-state index contributed by atoms with van der Waals surface area (Å²) in [5.41, 5.74) is 0.475. The fourth-order valence-electron chi connectivity index (χ4n) is 2.33. The monoisotopic (exact) mass is 359 g/mol. The minimum absolute atomic E-state index is 0.169. The summed E-state index contributed by atoms with van der Waals surface area (Å²) in [5, 5.41) is 2.67. The largest absolute Gasteiger partial charge is 0.492 e. The van der Waals surface area contributed by atoms with Crippen molar-refractivity contribution in [3.05, 3.63) is 60.2 Å². The molecule has 1 aliphatic rings. The van der Waals surface area contributed by atoms with Crippen molar-refractivity contribution >= 4 is 21.8 Å². The van der Waals surface area contributed by atoms with Gasteiger partial charge in [-0.05, 0) is 24.3 Å². The number of para-hydroxylation sites is 1. The summed E-state index contributed by atoms with van der Waals surface area (Å²) in [6, 6.07) is 15.8. The zero-order chi connectivity index (χ0) is 17.7. The third-order valence-electron chi connectivity index (χ3n) is 3.48. The molecule has 0 saturated carbocycles. The summed E-state index contributed by atoms with van der Waals surface area (Å²) in [7, 11) is -3.59. The van der Waals surface area contributed by atoms with Gasteiger partial charge in [-0.3, -0.25) is 14.5 Å². The highest BCUT2D eigenvalue weighted by Gasteiger charge is 2.30. The summed E-state index contributed by atoms with van der Waals surface area (Å²) < 4.78 is 31.7. The molecule has 3 rings (SSSR count). The molecule has 0 unspecified atom stereocenters. The second-order valence-electron chi connectivity index (χ2n) is 5.28. The number of ether oxygens (including phenoxy) is 1. The Morgan fingerprint density at radius 2 is 1.80 bits per heavy atom. The highest BCUT2D eigenvalue weighted by atomic mass is 32.2. The molecule has 2 aromatic rings. The molecule has 0 fully saturated rings. The first kappa shape index (κ1) is 17.0. The summed E-state index contributed by atoms with van der Waals surface area (Å²) in [5.74, 6) is 0.605. The molecule has 0 aromatic heterocycles. The zero-order valence-corrected chi connectivity index (χ0v) is 14.1. The van der Waals surface area contributed by atoms with Gasteiger partial charge in [-0.2, -0.15) is 0 Å². The van der Waals surface area contributed by atoms with Crippen molar-refractivity contribution in [2.24, 2.45) is 4.99 Å². The first-order chi connectivity index (χ1) is 12.1. The highest BCUT2D eigenvalue weighted by molar-refractivity contribution is 7.90. The number of nitrogens with one attached hydrogen (secondary N) is 2. The molecule has 1 heterocycles. The lowest BCUT2D eigenvalue weighted by Crippen LogP contribution is -2.31. The van der Waals surface area contributed by atoms with E-state index in [1.807, 2.05) is 30.3 Å². The number of amidine groups is 1. The molecule has 0 aliphatic carbocycles. The van der Waals surface area contributed by atoms with Crippen molar-refractivity contribution in [1.29, 1.82) is 0 Å². The molecule has 7 nitrogen and oxygen atoms in total. The lowest BCUT2D eigenvalue weighted by Gasteiger charge is -2.07. The van der Waals surface area contributed by atoms with Gasteiger partial charge in [-0.25, -0.2) is 8.42 Å². The molecular formula is C17H17N3O4S. The SMILES string of the molecule is O=C(CN=C1NS(=O)(=O)c2ccccc21)NCCOc1ccccc1. The molecule has 0 atom stereocenters. The van der Waals surface area contributed by atoms with Crippen LogP contribution >= 0.6 is 0 Å². The Morgan fingerprint density at radius 1 is 1.08 bits per heavy atom. The maximum absolute atomic E-state index is 11.9. The number of carbonyl (C=O) groups is 1. The van der Waals surface area contributed by atoms with Crippen LogP contribution in [0, 0.1) is 0 Å². The summed E-state index contributed by atoms with van der Waals surface area (Å²) in [6.45, 7) is 0.500. The molecular weight excluding hydrogens is 342 g/mol. The number of rotatable bonds is 6. The van der Waals surface area contributed by atoms with E-state index in [4.69, 9.17) is 4.74 Å². The summed E-state index contributed by atoms with van der Waals surface area (Å²) >= 11 is 0. The predicted molar refractivity (Wildman–Crippen MR) is 93.1 cm³/mol. The lowest BCUT2D eigenvalue weighted by atomic mass is 10.2. The molecule has 2 N–H and O–H groups in total. The molecule has 0 radical (unpaired) electrons. The van der Waals surface area contributed by atoms with Crippen molar-refractivity contribution in [1.82, 2.24) is 10.0 Å². The van der Waals surface area contributed by atoms with Crippen LogP contribution in [-0.4, -0.2) is 39.9 Å². The van der Waals surface area contributed by atoms with E-state index in [1.165, 1.54) is 6.07 Å². The van der Waals surface area contributed by atoms with E-state index in [-0.39, 0.29) is 23.2 Å². The van der Waals surface area contributed by atoms with E-state index in [9.17, 15) is 13.2 Å². The van der Waals surface area contributed by atoms with Crippen LogP contribution in [0.15, 0.2) is 64.5 Å². The highest BCUT2D eigenvalue weighted by Crippen LogP contribution is 2.21. The molecule has 25 heavy (non-hydrogen) atoms. The predicted octanol–water partition coefficient (Wildman–Crippen LogP) is 0.920. The smallest absolute Gasteiger partial charge is 0.263 e. The quantitative estimate of drug-likeness (QED) is 0.750. The Labute approximate surface area is 145 Å². The number of sulfonamides is 1. The van der Waals surface area contributed by atoms with Gasteiger partial charge in [0.1, 0.15) is 24.7 Å². The van der Waals surface area contributed by atoms with Crippen molar-refractivity contribution in [2.75, 3.05) is 19.7 Å². The van der Waals surface area contributed by atoms with Crippen LogP contribution in [0.3, 0.4) is 0 Å². The van der Waals surface area contributed by atoms with Gasteiger partial charge >= 0.3 is 0 Å². The Bertz CT molecular complexity index is 895. The number of hydrogen-bond acceptors (Lipinski definition) is 5. The van der Waals surface area contributed by atoms with Crippen LogP contribution in [0.5, 0.6) is 5.75 Å². The van der Waals surface area contributed by atoms with Crippen LogP contribution < -0.4 is 14.8 Å². The minimum Gasteiger partial charge on any atom is -0.492 e.